The van der Waals surface area contributed by atoms with Crippen LogP contribution in [0.5, 0.6) is 0 Å². The van der Waals surface area contributed by atoms with Crippen molar-refractivity contribution in [3.05, 3.63) is 54.6 Å². The molecule has 0 unspecified atom stereocenters. The zero-order valence-corrected chi connectivity index (χ0v) is 12.0. The smallest absolute Gasteiger partial charge is 0.244 e. The normalized spacial score (nSPS) is 11.1. The monoisotopic (exact) mass is 305 g/mol. The van der Waals surface area contributed by atoms with Crippen LogP contribution in [0.4, 0.5) is 0 Å². The number of hydrogen-bond donors (Lipinski definition) is 2. The number of benzene rings is 2. The van der Waals surface area contributed by atoms with Crippen LogP contribution in [-0.4, -0.2) is 25.3 Å². The molecule has 2 aromatic carbocycles. The van der Waals surface area contributed by atoms with Gasteiger partial charge in [0.2, 0.25) is 5.91 Å². The molecule has 0 aromatic heterocycles. The van der Waals surface area contributed by atoms with Gasteiger partial charge in [0.1, 0.15) is 0 Å². The van der Waals surface area contributed by atoms with Gasteiger partial charge in [0.25, 0.3) is 0 Å². The molecule has 6 heteroatoms. The Balaban J connectivity index is 2.17. The van der Waals surface area contributed by atoms with Crippen molar-refractivity contribution in [1.82, 2.24) is 5.48 Å². The fourth-order valence-corrected chi connectivity index (χ4v) is 3.13. The standard InChI is InChI=1S/C15H15NO4S/c17-15(16-18)10-11-21(19,20)14-8-6-13(7-9-14)12-4-2-1-3-5-12/h1-9,18H,10-11H2,(H,16,17). The van der Waals surface area contributed by atoms with Crippen LogP contribution in [0.1, 0.15) is 6.42 Å². The Bertz CT molecular complexity index is 709. The molecule has 0 bridgehead atoms. The first-order valence-corrected chi connectivity index (χ1v) is 7.99. The number of amides is 1. The van der Waals surface area contributed by atoms with E-state index in [1.54, 1.807) is 12.1 Å². The van der Waals surface area contributed by atoms with E-state index in [9.17, 15) is 13.2 Å². The first kappa shape index (κ1) is 15.2. The van der Waals surface area contributed by atoms with Crippen molar-refractivity contribution in [2.24, 2.45) is 0 Å². The van der Waals surface area contributed by atoms with Gasteiger partial charge in [-0.2, -0.15) is 0 Å². The van der Waals surface area contributed by atoms with Gasteiger partial charge in [-0.05, 0) is 23.3 Å². The van der Waals surface area contributed by atoms with Gasteiger partial charge < -0.3 is 0 Å². The molecule has 0 atom stereocenters. The molecular formula is C15H15NO4S. The summed E-state index contributed by atoms with van der Waals surface area (Å²) >= 11 is 0. The number of nitrogens with one attached hydrogen (secondary N) is 1. The van der Waals surface area contributed by atoms with Gasteiger partial charge in [-0.15, -0.1) is 0 Å². The summed E-state index contributed by atoms with van der Waals surface area (Å²) < 4.78 is 24.1. The van der Waals surface area contributed by atoms with Crippen LogP contribution in [0.2, 0.25) is 0 Å². The molecule has 0 radical (unpaired) electrons. The average molecular weight is 305 g/mol. The van der Waals surface area contributed by atoms with Crippen molar-refractivity contribution < 1.29 is 18.4 Å². The third-order valence-electron chi connectivity index (χ3n) is 3.04. The molecule has 2 rings (SSSR count). The average Bonchev–Trinajstić information content (AvgIpc) is 2.53. The maximum absolute atomic E-state index is 12.0. The van der Waals surface area contributed by atoms with Crippen LogP contribution in [0.15, 0.2) is 59.5 Å². The van der Waals surface area contributed by atoms with Crippen LogP contribution in [0, 0.1) is 0 Å². The zero-order chi connectivity index (χ0) is 15.3. The van der Waals surface area contributed by atoms with Crippen molar-refractivity contribution in [2.45, 2.75) is 11.3 Å². The highest BCUT2D eigenvalue weighted by atomic mass is 32.2. The predicted octanol–water partition coefficient (Wildman–Crippen LogP) is 2.02. The molecule has 0 aliphatic heterocycles. The number of carbonyl (C=O) groups excluding carboxylic acids is 1. The molecule has 0 aliphatic rings. The molecule has 0 spiro atoms. The van der Waals surface area contributed by atoms with Crippen LogP contribution in [-0.2, 0) is 14.6 Å². The second-order valence-electron chi connectivity index (χ2n) is 4.49. The third kappa shape index (κ3) is 3.90. The minimum absolute atomic E-state index is 0.160. The van der Waals surface area contributed by atoms with Gasteiger partial charge in [-0.25, -0.2) is 13.9 Å². The Labute approximate surface area is 123 Å². The topological polar surface area (TPSA) is 83.5 Å². The largest absolute Gasteiger partial charge is 0.289 e. The first-order valence-electron chi connectivity index (χ1n) is 6.34. The predicted molar refractivity (Wildman–Crippen MR) is 78.5 cm³/mol. The third-order valence-corrected chi connectivity index (χ3v) is 4.78. The summed E-state index contributed by atoms with van der Waals surface area (Å²) in [7, 11) is -3.54. The second-order valence-corrected chi connectivity index (χ2v) is 6.60. The van der Waals surface area contributed by atoms with E-state index in [0.29, 0.717) is 0 Å². The molecular weight excluding hydrogens is 290 g/mol. The van der Waals surface area contributed by atoms with Gasteiger partial charge in [-0.1, -0.05) is 42.5 Å². The Kier molecular flexibility index (Phi) is 4.72. The van der Waals surface area contributed by atoms with Crippen LogP contribution in [0.3, 0.4) is 0 Å². The number of hydrogen-bond acceptors (Lipinski definition) is 4. The summed E-state index contributed by atoms with van der Waals surface area (Å²) in [5.74, 6) is -1.07. The molecule has 2 N–H and O–H groups in total. The summed E-state index contributed by atoms with van der Waals surface area (Å²) in [6.45, 7) is 0. The molecule has 5 nitrogen and oxygen atoms in total. The van der Waals surface area contributed by atoms with Crippen molar-refractivity contribution in [2.75, 3.05) is 5.75 Å². The van der Waals surface area contributed by atoms with Gasteiger partial charge in [-0.3, -0.25) is 10.0 Å². The summed E-state index contributed by atoms with van der Waals surface area (Å²) in [5.41, 5.74) is 3.34. The lowest BCUT2D eigenvalue weighted by atomic mass is 10.1. The van der Waals surface area contributed by atoms with E-state index in [-0.39, 0.29) is 17.1 Å². The summed E-state index contributed by atoms with van der Waals surface area (Å²) in [4.78, 5) is 11.1. The Morgan fingerprint density at radius 3 is 2.10 bits per heavy atom. The fraction of sp³-hybridized carbons (Fsp3) is 0.133. The van der Waals surface area contributed by atoms with Crippen molar-refractivity contribution in [3.8, 4) is 11.1 Å². The Morgan fingerprint density at radius 1 is 0.952 bits per heavy atom. The van der Waals surface area contributed by atoms with Crippen LogP contribution >= 0.6 is 0 Å². The van der Waals surface area contributed by atoms with E-state index in [4.69, 9.17) is 5.21 Å². The van der Waals surface area contributed by atoms with Gasteiger partial charge in [0.05, 0.1) is 10.6 Å². The van der Waals surface area contributed by atoms with E-state index in [0.717, 1.165) is 11.1 Å². The van der Waals surface area contributed by atoms with Crippen molar-refractivity contribution >= 4 is 15.7 Å². The Morgan fingerprint density at radius 2 is 1.52 bits per heavy atom. The lowest BCUT2D eigenvalue weighted by molar-refractivity contribution is -0.128. The summed E-state index contributed by atoms with van der Waals surface area (Å²) in [5, 5.41) is 8.37. The van der Waals surface area contributed by atoms with Crippen LogP contribution < -0.4 is 5.48 Å². The molecule has 21 heavy (non-hydrogen) atoms. The molecule has 1 amide bonds. The minimum atomic E-state index is -3.54. The molecule has 0 aliphatic carbocycles. The number of hydroxylamine groups is 1. The van der Waals surface area contributed by atoms with Crippen LogP contribution in [0.25, 0.3) is 11.1 Å². The zero-order valence-electron chi connectivity index (χ0n) is 11.2. The summed E-state index contributed by atoms with van der Waals surface area (Å²) in [6.07, 6.45) is -0.279. The molecule has 0 heterocycles. The number of sulfone groups is 1. The molecule has 0 saturated carbocycles. The van der Waals surface area contributed by atoms with E-state index in [2.05, 4.69) is 0 Å². The summed E-state index contributed by atoms with van der Waals surface area (Å²) in [6, 6.07) is 16.1. The van der Waals surface area contributed by atoms with E-state index >= 15 is 0 Å². The minimum Gasteiger partial charge on any atom is -0.289 e. The van der Waals surface area contributed by atoms with Gasteiger partial charge in [0.15, 0.2) is 9.84 Å². The lowest BCUT2D eigenvalue weighted by Crippen LogP contribution is -2.22. The fourth-order valence-electron chi connectivity index (χ4n) is 1.89. The van der Waals surface area contributed by atoms with Crippen molar-refractivity contribution in [3.63, 3.8) is 0 Å². The quantitative estimate of drug-likeness (QED) is 0.654. The molecule has 110 valence electrons. The first-order chi connectivity index (χ1) is 10.0. The maximum atomic E-state index is 12.0. The lowest BCUT2D eigenvalue weighted by Gasteiger charge is -2.06. The van der Waals surface area contributed by atoms with E-state index in [1.165, 1.54) is 17.6 Å². The highest BCUT2D eigenvalue weighted by Gasteiger charge is 2.16. The molecule has 2 aromatic rings. The number of carbonyl (C=O) groups is 1. The Hall–Kier alpha value is -2.18. The number of rotatable bonds is 5. The van der Waals surface area contributed by atoms with Gasteiger partial charge in [0, 0.05) is 6.42 Å². The van der Waals surface area contributed by atoms with E-state index < -0.39 is 15.7 Å². The van der Waals surface area contributed by atoms with E-state index in [1.807, 2.05) is 30.3 Å². The molecule has 0 fully saturated rings. The van der Waals surface area contributed by atoms with Gasteiger partial charge >= 0.3 is 0 Å². The van der Waals surface area contributed by atoms with Crippen molar-refractivity contribution in [1.29, 1.82) is 0 Å². The maximum Gasteiger partial charge on any atom is 0.244 e. The molecule has 0 saturated heterocycles. The highest BCUT2D eigenvalue weighted by Crippen LogP contribution is 2.21. The SMILES string of the molecule is O=C(CCS(=O)(=O)c1ccc(-c2ccccc2)cc1)NO. The highest BCUT2D eigenvalue weighted by molar-refractivity contribution is 7.91. The second kappa shape index (κ2) is 6.51.